The van der Waals surface area contributed by atoms with Crippen LogP contribution in [0, 0.1) is 12.8 Å². The van der Waals surface area contributed by atoms with Crippen LogP contribution in [0.25, 0.3) is 0 Å². The predicted molar refractivity (Wildman–Crippen MR) is 97.5 cm³/mol. The number of ether oxygens (including phenoxy) is 2. The average molecular weight is 371 g/mol. The summed E-state index contributed by atoms with van der Waals surface area (Å²) in [6.07, 6.45) is 7.18. The molecule has 4 rings (SSSR count). The van der Waals surface area contributed by atoms with Gasteiger partial charge >= 0.3 is 0 Å². The Bertz CT molecular complexity index is 769. The van der Waals surface area contributed by atoms with E-state index in [4.69, 9.17) is 14.0 Å². The lowest BCUT2D eigenvalue weighted by molar-refractivity contribution is -0.0649. The fraction of sp³-hybridized carbons (Fsp3) is 0.550. The minimum absolute atomic E-state index is 0.0591. The molecule has 2 saturated heterocycles. The van der Waals surface area contributed by atoms with Crippen LogP contribution >= 0.6 is 0 Å². The van der Waals surface area contributed by atoms with Gasteiger partial charge in [0.25, 0.3) is 5.91 Å². The van der Waals surface area contributed by atoms with Crippen LogP contribution in [-0.4, -0.2) is 52.9 Å². The summed E-state index contributed by atoms with van der Waals surface area (Å²) in [6, 6.07) is 5.49. The molecule has 7 nitrogen and oxygen atoms in total. The van der Waals surface area contributed by atoms with Gasteiger partial charge in [0.15, 0.2) is 5.69 Å². The van der Waals surface area contributed by atoms with Crippen molar-refractivity contribution in [3.8, 4) is 5.75 Å². The molecular formula is C20H25N3O4. The molecule has 2 fully saturated rings. The summed E-state index contributed by atoms with van der Waals surface area (Å²) >= 11 is 0. The van der Waals surface area contributed by atoms with Crippen molar-refractivity contribution >= 4 is 5.91 Å². The number of aryl methyl sites for hydroxylation is 1. The minimum Gasteiger partial charge on any atom is -0.492 e. The van der Waals surface area contributed by atoms with Crippen LogP contribution < -0.4 is 4.74 Å². The van der Waals surface area contributed by atoms with E-state index in [1.807, 2.05) is 17.0 Å². The SMILES string of the molecule is Cc1cc(C(=O)N2CCC3(CC2)OCC[C@H]3CCOc2cccnc2)no1. The van der Waals surface area contributed by atoms with Gasteiger partial charge in [-0.2, -0.15) is 0 Å². The van der Waals surface area contributed by atoms with Crippen molar-refractivity contribution in [1.29, 1.82) is 0 Å². The van der Waals surface area contributed by atoms with Crippen molar-refractivity contribution in [3.05, 3.63) is 42.0 Å². The van der Waals surface area contributed by atoms with E-state index in [9.17, 15) is 4.79 Å². The van der Waals surface area contributed by atoms with Crippen molar-refractivity contribution in [2.45, 2.75) is 38.2 Å². The molecule has 0 bridgehead atoms. The molecule has 2 aromatic heterocycles. The summed E-state index contributed by atoms with van der Waals surface area (Å²) in [5, 5.41) is 3.85. The van der Waals surface area contributed by atoms with Gasteiger partial charge in [-0.05, 0) is 50.7 Å². The van der Waals surface area contributed by atoms with Crippen molar-refractivity contribution in [2.24, 2.45) is 5.92 Å². The van der Waals surface area contributed by atoms with Gasteiger partial charge in [-0.25, -0.2) is 0 Å². The molecule has 1 atom stereocenters. The van der Waals surface area contributed by atoms with Gasteiger partial charge in [0.05, 0.1) is 18.4 Å². The molecule has 2 aliphatic heterocycles. The molecule has 2 aliphatic rings. The van der Waals surface area contributed by atoms with Crippen LogP contribution in [0.2, 0.25) is 0 Å². The highest BCUT2D eigenvalue weighted by Gasteiger charge is 2.46. The Morgan fingerprint density at radius 2 is 2.26 bits per heavy atom. The van der Waals surface area contributed by atoms with E-state index in [2.05, 4.69) is 10.1 Å². The van der Waals surface area contributed by atoms with Crippen LogP contribution in [0.1, 0.15) is 41.9 Å². The molecule has 0 saturated carbocycles. The Labute approximate surface area is 158 Å². The quantitative estimate of drug-likeness (QED) is 0.804. The Morgan fingerprint density at radius 3 is 2.96 bits per heavy atom. The third-order valence-corrected chi connectivity index (χ3v) is 5.71. The van der Waals surface area contributed by atoms with Gasteiger partial charge in [-0.1, -0.05) is 5.16 Å². The van der Waals surface area contributed by atoms with E-state index in [0.29, 0.717) is 37.1 Å². The Morgan fingerprint density at radius 1 is 1.41 bits per heavy atom. The number of carbonyl (C=O) groups excluding carboxylic acids is 1. The maximum atomic E-state index is 12.6. The monoisotopic (exact) mass is 371 g/mol. The number of rotatable bonds is 5. The smallest absolute Gasteiger partial charge is 0.276 e. The van der Waals surface area contributed by atoms with E-state index in [0.717, 1.165) is 38.0 Å². The van der Waals surface area contributed by atoms with E-state index < -0.39 is 0 Å². The maximum Gasteiger partial charge on any atom is 0.276 e. The molecule has 2 aromatic rings. The second-order valence-corrected chi connectivity index (χ2v) is 7.34. The van der Waals surface area contributed by atoms with Crippen molar-refractivity contribution in [1.82, 2.24) is 15.0 Å². The molecule has 1 amide bonds. The number of carbonyl (C=O) groups is 1. The van der Waals surface area contributed by atoms with Crippen molar-refractivity contribution in [3.63, 3.8) is 0 Å². The lowest BCUT2D eigenvalue weighted by atomic mass is 9.78. The molecular weight excluding hydrogens is 346 g/mol. The Kier molecular flexibility index (Phi) is 5.11. The third-order valence-electron chi connectivity index (χ3n) is 5.71. The molecule has 0 unspecified atom stereocenters. The molecule has 27 heavy (non-hydrogen) atoms. The summed E-state index contributed by atoms with van der Waals surface area (Å²) in [5.41, 5.74) is 0.256. The standard InChI is InChI=1S/C20H25N3O4/c1-15-13-18(22-27-15)19(24)23-9-6-20(7-10-23)16(5-12-26-20)4-11-25-17-3-2-8-21-14-17/h2-3,8,13-14,16H,4-7,9-12H2,1H3/t16-/m1/s1. The summed E-state index contributed by atoms with van der Waals surface area (Å²) < 4.78 is 17.0. The summed E-state index contributed by atoms with van der Waals surface area (Å²) in [5.74, 6) is 1.85. The van der Waals surface area contributed by atoms with Crippen LogP contribution in [0.3, 0.4) is 0 Å². The minimum atomic E-state index is -0.130. The molecule has 0 N–H and O–H groups in total. The first-order valence-electron chi connectivity index (χ1n) is 9.56. The summed E-state index contributed by atoms with van der Waals surface area (Å²) in [7, 11) is 0. The van der Waals surface area contributed by atoms with Gasteiger partial charge in [0, 0.05) is 32.0 Å². The van der Waals surface area contributed by atoms with Gasteiger partial charge < -0.3 is 18.9 Å². The molecule has 0 radical (unpaired) electrons. The largest absolute Gasteiger partial charge is 0.492 e. The Hall–Kier alpha value is -2.41. The van der Waals surface area contributed by atoms with Gasteiger partial charge in [-0.3, -0.25) is 9.78 Å². The van der Waals surface area contributed by atoms with Crippen molar-refractivity contribution in [2.75, 3.05) is 26.3 Å². The fourth-order valence-corrected chi connectivity index (χ4v) is 4.21. The number of hydrogen-bond acceptors (Lipinski definition) is 6. The highest BCUT2D eigenvalue weighted by molar-refractivity contribution is 5.92. The maximum absolute atomic E-state index is 12.6. The van der Waals surface area contributed by atoms with Crippen LogP contribution in [0.15, 0.2) is 35.1 Å². The molecule has 1 spiro atoms. The lowest BCUT2D eigenvalue weighted by Gasteiger charge is -2.42. The fourth-order valence-electron chi connectivity index (χ4n) is 4.21. The van der Waals surface area contributed by atoms with E-state index in [1.54, 1.807) is 25.4 Å². The molecule has 144 valence electrons. The van der Waals surface area contributed by atoms with Gasteiger partial charge in [0.2, 0.25) is 0 Å². The second kappa shape index (κ2) is 7.68. The zero-order valence-corrected chi connectivity index (χ0v) is 15.6. The lowest BCUT2D eigenvalue weighted by Crippen LogP contribution is -2.49. The number of nitrogens with zero attached hydrogens (tertiary/aromatic N) is 3. The van der Waals surface area contributed by atoms with Crippen molar-refractivity contribution < 1.29 is 18.8 Å². The molecule has 4 heterocycles. The average Bonchev–Trinajstić information content (AvgIpc) is 3.30. The van der Waals surface area contributed by atoms with E-state index >= 15 is 0 Å². The van der Waals surface area contributed by atoms with Gasteiger partial charge in [0.1, 0.15) is 11.5 Å². The first-order chi connectivity index (χ1) is 13.2. The Balaban J connectivity index is 1.31. The van der Waals surface area contributed by atoms with Gasteiger partial charge in [-0.15, -0.1) is 0 Å². The number of aromatic nitrogens is 2. The first kappa shape index (κ1) is 18.0. The molecule has 0 aromatic carbocycles. The summed E-state index contributed by atoms with van der Waals surface area (Å²) in [4.78, 5) is 18.5. The second-order valence-electron chi connectivity index (χ2n) is 7.34. The number of piperidine rings is 1. The zero-order valence-electron chi connectivity index (χ0n) is 15.6. The molecule has 7 heteroatoms. The number of hydrogen-bond donors (Lipinski definition) is 0. The first-order valence-corrected chi connectivity index (χ1v) is 9.56. The third kappa shape index (κ3) is 3.83. The van der Waals surface area contributed by atoms with E-state index in [1.165, 1.54) is 0 Å². The van der Waals surface area contributed by atoms with Crippen LogP contribution in [-0.2, 0) is 4.74 Å². The summed E-state index contributed by atoms with van der Waals surface area (Å²) in [6.45, 7) is 4.60. The highest BCUT2D eigenvalue weighted by Crippen LogP contribution is 2.42. The predicted octanol–water partition coefficient (Wildman–Crippen LogP) is 2.86. The number of likely N-dealkylation sites (tertiary alicyclic amines) is 1. The van der Waals surface area contributed by atoms with E-state index in [-0.39, 0.29) is 11.5 Å². The highest BCUT2D eigenvalue weighted by atomic mass is 16.5. The topological polar surface area (TPSA) is 77.7 Å². The zero-order chi connectivity index (χ0) is 18.7. The normalized spacial score (nSPS) is 21.5. The molecule has 0 aliphatic carbocycles. The van der Waals surface area contributed by atoms with Crippen LogP contribution in [0.4, 0.5) is 0 Å². The van der Waals surface area contributed by atoms with Crippen LogP contribution in [0.5, 0.6) is 5.75 Å². The number of amides is 1. The number of pyridine rings is 1.